The van der Waals surface area contributed by atoms with Crippen LogP contribution in [0.3, 0.4) is 0 Å². The first-order valence-corrected chi connectivity index (χ1v) is 27.0. The van der Waals surface area contributed by atoms with E-state index in [1.54, 1.807) is 50.2 Å². The molecule has 6 amide bonds. The molecule has 20 nitrogen and oxygen atoms in total. The quantitative estimate of drug-likeness (QED) is 0.0518. The molecule has 81 heavy (non-hydrogen) atoms. The molecule has 2 aliphatic heterocycles. The lowest BCUT2D eigenvalue weighted by Crippen LogP contribution is -2.52. The van der Waals surface area contributed by atoms with E-state index in [9.17, 15) is 43.5 Å². The van der Waals surface area contributed by atoms with Crippen LogP contribution in [0.2, 0.25) is 0 Å². The molecule has 6 N–H and O–H groups in total. The largest absolute Gasteiger partial charge is 0.458 e. The molecule has 418 valence electrons. The van der Waals surface area contributed by atoms with Crippen LogP contribution in [0.4, 0.5) is 9.18 Å². The number of nitrogens with one attached hydrogen (secondary N) is 5. The van der Waals surface area contributed by atoms with Gasteiger partial charge < -0.3 is 55.4 Å². The number of halogens is 1. The van der Waals surface area contributed by atoms with E-state index < -0.39 is 103 Å². The summed E-state index contributed by atoms with van der Waals surface area (Å²) in [5, 5.41) is 25.6. The number of hydrogen-bond acceptors (Lipinski definition) is 13. The Hall–Kier alpha value is -8.82. The van der Waals surface area contributed by atoms with Gasteiger partial charge in [-0.2, -0.15) is 0 Å². The minimum absolute atomic E-state index is 0.0440. The molecule has 4 aromatic carbocycles. The number of cyclic esters (lactones) is 1. The maximum atomic E-state index is 15.5. The number of ether oxygens (including phenoxy) is 3. The zero-order chi connectivity index (χ0) is 56.9. The molecule has 0 saturated heterocycles. The number of nitrogens with zero attached hydrogens (tertiary/aromatic N) is 3. The molecule has 2 aromatic heterocycles. The topological polar surface area (TPSA) is 266 Å². The Morgan fingerprint density at radius 1 is 0.852 bits per heavy atom. The molecule has 21 heteroatoms. The molecule has 1 saturated carbocycles. The van der Waals surface area contributed by atoms with Gasteiger partial charge in [0.25, 0.3) is 5.56 Å². The second-order valence-corrected chi connectivity index (χ2v) is 21.2. The zero-order valence-corrected chi connectivity index (χ0v) is 44.7. The maximum Gasteiger partial charge on any atom is 0.410 e. The van der Waals surface area contributed by atoms with Crippen LogP contribution < -0.4 is 32.1 Å². The van der Waals surface area contributed by atoms with Gasteiger partial charge in [-0.15, -0.1) is 0 Å². The van der Waals surface area contributed by atoms with Crippen molar-refractivity contribution in [3.8, 4) is 22.5 Å². The first-order valence-electron chi connectivity index (χ1n) is 27.0. The number of carbonyl (C=O) groups is 7. The Morgan fingerprint density at radius 2 is 1.54 bits per heavy atom. The van der Waals surface area contributed by atoms with Crippen molar-refractivity contribution in [2.75, 3.05) is 33.4 Å². The molecular weight excluding hydrogens is 1040 g/mol. The third-order valence-corrected chi connectivity index (χ3v) is 16.0. The summed E-state index contributed by atoms with van der Waals surface area (Å²) in [5.41, 5.74) is 5.58. The van der Waals surface area contributed by atoms with Crippen LogP contribution in [0, 0.1) is 18.7 Å². The first kappa shape index (κ1) is 54.2. The lowest BCUT2D eigenvalue weighted by molar-refractivity contribution is -0.172. The van der Waals surface area contributed by atoms with E-state index >= 15 is 4.39 Å². The van der Waals surface area contributed by atoms with Gasteiger partial charge in [0.1, 0.15) is 37.8 Å². The number of fused-ring (bicyclic) bond motifs is 8. The van der Waals surface area contributed by atoms with Crippen LogP contribution >= 0.6 is 0 Å². The number of esters is 1. The molecule has 1 fully saturated rings. The first-order chi connectivity index (χ1) is 39.0. The van der Waals surface area contributed by atoms with E-state index in [0.29, 0.717) is 70.2 Å². The number of likely N-dealkylation sites (N-methyl/N-ethyl adjacent to an activating group) is 1. The molecular formula is C60H59FN8O12. The predicted molar refractivity (Wildman–Crippen MR) is 290 cm³/mol. The van der Waals surface area contributed by atoms with E-state index in [-0.39, 0.29) is 49.8 Å². The fraction of sp³-hybridized carbons (Fsp3) is 0.350. The van der Waals surface area contributed by atoms with Crippen molar-refractivity contribution < 1.29 is 57.3 Å². The number of pyridine rings is 2. The van der Waals surface area contributed by atoms with Gasteiger partial charge >= 0.3 is 12.1 Å². The van der Waals surface area contributed by atoms with Gasteiger partial charge in [0, 0.05) is 47.2 Å². The highest BCUT2D eigenvalue weighted by Gasteiger charge is 2.46. The van der Waals surface area contributed by atoms with Gasteiger partial charge in [0.15, 0.2) is 11.7 Å². The third kappa shape index (κ3) is 10.4. The lowest BCUT2D eigenvalue weighted by atomic mass is 9.81. The van der Waals surface area contributed by atoms with E-state index in [1.165, 1.54) is 17.7 Å². The van der Waals surface area contributed by atoms with Crippen molar-refractivity contribution in [1.29, 1.82) is 0 Å². The second-order valence-electron chi connectivity index (χ2n) is 21.2. The van der Waals surface area contributed by atoms with Gasteiger partial charge in [-0.3, -0.25) is 28.8 Å². The number of benzene rings is 4. The Kier molecular flexibility index (Phi) is 14.7. The maximum absolute atomic E-state index is 15.5. The van der Waals surface area contributed by atoms with Gasteiger partial charge in [-0.25, -0.2) is 19.0 Å². The molecule has 5 aliphatic rings. The molecule has 11 rings (SSSR count). The minimum Gasteiger partial charge on any atom is -0.458 e. The van der Waals surface area contributed by atoms with Crippen LogP contribution in [0.5, 0.6) is 0 Å². The van der Waals surface area contributed by atoms with Crippen LogP contribution in [0.1, 0.15) is 94.8 Å². The highest BCUT2D eigenvalue weighted by molar-refractivity contribution is 5.95. The number of hydrogen-bond donors (Lipinski definition) is 6. The predicted octanol–water partition coefficient (Wildman–Crippen LogP) is 4.30. The average molecular weight is 1100 g/mol. The van der Waals surface area contributed by atoms with Crippen LogP contribution in [-0.2, 0) is 74.6 Å². The van der Waals surface area contributed by atoms with E-state index in [2.05, 4.69) is 26.6 Å². The average Bonchev–Trinajstić information content (AvgIpc) is 4.30. The molecule has 0 radical (unpaired) electrons. The smallest absolute Gasteiger partial charge is 0.410 e. The number of amides is 6. The van der Waals surface area contributed by atoms with Crippen LogP contribution in [0.15, 0.2) is 95.8 Å². The van der Waals surface area contributed by atoms with Crippen molar-refractivity contribution in [2.45, 2.75) is 95.4 Å². The number of aromatic nitrogens is 2. The second kappa shape index (κ2) is 22.0. The fourth-order valence-corrected chi connectivity index (χ4v) is 11.6. The zero-order valence-electron chi connectivity index (χ0n) is 44.7. The summed E-state index contributed by atoms with van der Waals surface area (Å²) in [6, 6.07) is 25.2. The summed E-state index contributed by atoms with van der Waals surface area (Å²) >= 11 is 0. The van der Waals surface area contributed by atoms with Gasteiger partial charge in [-0.1, -0.05) is 85.8 Å². The van der Waals surface area contributed by atoms with Crippen molar-refractivity contribution in [1.82, 2.24) is 41.0 Å². The highest BCUT2D eigenvalue weighted by Crippen LogP contribution is 2.48. The lowest BCUT2D eigenvalue weighted by Gasteiger charge is -2.31. The number of aliphatic hydroxyl groups is 1. The Bertz CT molecular complexity index is 3620. The Morgan fingerprint density at radius 3 is 2.25 bits per heavy atom. The molecule has 3 aliphatic carbocycles. The monoisotopic (exact) mass is 1100 g/mol. The van der Waals surface area contributed by atoms with Gasteiger partial charge in [0.2, 0.25) is 29.5 Å². The Balaban J connectivity index is 0.699. The summed E-state index contributed by atoms with van der Waals surface area (Å²) in [6.07, 6.45) is -0.213. The molecule has 0 unspecified atom stereocenters. The summed E-state index contributed by atoms with van der Waals surface area (Å²) < 4.78 is 34.2. The molecule has 0 spiro atoms. The summed E-state index contributed by atoms with van der Waals surface area (Å²) in [6.45, 7) is 1.21. The number of aryl methyl sites for hydroxylation is 1. The summed E-state index contributed by atoms with van der Waals surface area (Å²) in [7, 11) is 1.41. The molecule has 4 atom stereocenters. The van der Waals surface area contributed by atoms with Gasteiger partial charge in [0.05, 0.1) is 48.1 Å². The van der Waals surface area contributed by atoms with Crippen molar-refractivity contribution in [3.05, 3.63) is 157 Å². The highest BCUT2D eigenvalue weighted by atomic mass is 19.1. The van der Waals surface area contributed by atoms with Crippen molar-refractivity contribution >= 4 is 52.5 Å². The Labute approximate surface area is 463 Å². The normalized spacial score (nSPS) is 17.9. The van der Waals surface area contributed by atoms with Crippen LogP contribution in [0.25, 0.3) is 33.4 Å². The van der Waals surface area contributed by atoms with E-state index in [1.807, 2.05) is 48.5 Å². The van der Waals surface area contributed by atoms with E-state index in [4.69, 9.17) is 19.2 Å². The number of rotatable bonds is 18. The third-order valence-electron chi connectivity index (χ3n) is 16.0. The summed E-state index contributed by atoms with van der Waals surface area (Å²) in [5.74, 6) is -4.61. The summed E-state index contributed by atoms with van der Waals surface area (Å²) in [4.78, 5) is 114. The molecule has 4 heterocycles. The van der Waals surface area contributed by atoms with Gasteiger partial charge in [-0.05, 0) is 84.4 Å². The minimum atomic E-state index is -2.05. The van der Waals surface area contributed by atoms with E-state index in [0.717, 1.165) is 32.7 Å². The number of carbonyl (C=O) groups excluding carboxylic acids is 7. The SMILES string of the molecule is CC[C@@]1(O)C(=O)OCc2c1cc1n(c2=O)Cc2c-1nc1cc(F)c(C)c3c1c2[C@@H](NC(=O)[C@@H](OCNC(=O)CNC(=O)[C@H](Cc1ccccc1)NC(=O)CNC(=O)CN(C)C(=O)OC1c2ccccc2-c2ccccc21)C1CC1)CC3. The van der Waals surface area contributed by atoms with Crippen molar-refractivity contribution in [3.63, 3.8) is 0 Å². The molecule has 6 aromatic rings. The van der Waals surface area contributed by atoms with Crippen LogP contribution in [-0.4, -0.2) is 107 Å². The standard InChI is InChI=1S/C60H59FN8O12/c1-4-60(78)41-23-46-52-39(27-69(46)57(75)40(41)29-79-58(60)76)51-43(21-20-34-31(2)42(61)24-44(66-52)50(34)51)67-56(74)53(33-18-19-33)80-30-64-47(70)25-63-55(73)45(22-32-12-6-5-7-13-32)65-48(71)26-62-49(72)28-68(3)59(77)81-54-37-16-10-8-14-35(37)36-15-9-11-17-38(36)54/h5-17,23-24,33,43,45,53-54,78H,4,18-22,25-30H2,1-3H3,(H,62,72)(H,63,73)(H,64,70)(H,65,71)(H,67,74)/t43-,45-,53-,60-/m0/s1. The molecule has 0 bridgehead atoms. The van der Waals surface area contributed by atoms with Crippen molar-refractivity contribution in [2.24, 2.45) is 5.92 Å². The fourth-order valence-electron chi connectivity index (χ4n) is 11.6.